The number of hydrogen-bond donors (Lipinski definition) is 1. The molecule has 1 aromatic heterocycles. The van der Waals surface area contributed by atoms with Crippen LogP contribution < -0.4 is 5.32 Å². The van der Waals surface area contributed by atoms with E-state index in [9.17, 15) is 0 Å². The summed E-state index contributed by atoms with van der Waals surface area (Å²) in [6, 6.07) is 0.455. The van der Waals surface area contributed by atoms with Crippen LogP contribution in [0.1, 0.15) is 46.0 Å². The lowest BCUT2D eigenvalue weighted by molar-refractivity contribution is 0.591. The van der Waals surface area contributed by atoms with Gasteiger partial charge < -0.3 is 5.32 Å². The monoisotopic (exact) mass is 333 g/mol. The fourth-order valence-electron chi connectivity index (χ4n) is 1.56. The quantitative estimate of drug-likeness (QED) is 0.608. The average molecular weight is 333 g/mol. The minimum Gasteiger partial charge on any atom is -0.352 e. The number of anilines is 1. The Bertz CT molecular complexity index is 287. The van der Waals surface area contributed by atoms with Crippen LogP contribution in [0.2, 0.25) is 0 Å². The molecule has 0 aliphatic carbocycles. The molecule has 4 heteroatoms. The maximum Gasteiger partial charge on any atom is 0.222 e. The summed E-state index contributed by atoms with van der Waals surface area (Å²) in [5, 5.41) is 3.32. The second-order valence-corrected chi connectivity index (χ2v) is 5.37. The molecule has 0 radical (unpaired) electrons. The van der Waals surface area contributed by atoms with Gasteiger partial charge in [0.2, 0.25) is 5.95 Å². The smallest absolute Gasteiger partial charge is 0.222 e. The highest BCUT2D eigenvalue weighted by atomic mass is 127. The van der Waals surface area contributed by atoms with Gasteiger partial charge in [-0.25, -0.2) is 9.97 Å². The molecule has 0 saturated heterocycles. The summed E-state index contributed by atoms with van der Waals surface area (Å²) in [6.07, 6.45) is 10.1. The van der Waals surface area contributed by atoms with Crippen LogP contribution in [0.25, 0.3) is 0 Å². The molecule has 1 unspecified atom stereocenters. The molecule has 1 rings (SSSR count). The highest BCUT2D eigenvalue weighted by molar-refractivity contribution is 14.1. The van der Waals surface area contributed by atoms with Crippen molar-refractivity contribution in [3.63, 3.8) is 0 Å². The molecule has 0 amide bonds. The van der Waals surface area contributed by atoms with Crippen LogP contribution in [0.4, 0.5) is 5.95 Å². The number of unbranched alkanes of at least 4 members (excludes halogenated alkanes) is 3. The molecule has 0 fully saturated rings. The van der Waals surface area contributed by atoms with E-state index >= 15 is 0 Å². The first kappa shape index (κ1) is 13.7. The van der Waals surface area contributed by atoms with Crippen LogP contribution in [-0.4, -0.2) is 16.0 Å². The van der Waals surface area contributed by atoms with Gasteiger partial charge in [-0.1, -0.05) is 32.6 Å². The Morgan fingerprint density at radius 2 is 1.94 bits per heavy atom. The van der Waals surface area contributed by atoms with Crippen LogP contribution in [-0.2, 0) is 0 Å². The normalized spacial score (nSPS) is 12.4. The molecule has 1 atom stereocenters. The molecule has 0 aliphatic rings. The zero-order chi connectivity index (χ0) is 11.8. The van der Waals surface area contributed by atoms with E-state index in [1.165, 1.54) is 32.1 Å². The minimum absolute atomic E-state index is 0.455. The minimum atomic E-state index is 0.455. The molecule has 1 aromatic rings. The van der Waals surface area contributed by atoms with Crippen molar-refractivity contribution in [2.24, 2.45) is 0 Å². The lowest BCUT2D eigenvalue weighted by Gasteiger charge is -2.13. The number of aromatic nitrogens is 2. The van der Waals surface area contributed by atoms with Gasteiger partial charge in [0.05, 0.1) is 0 Å². The van der Waals surface area contributed by atoms with Crippen molar-refractivity contribution in [2.75, 3.05) is 5.32 Å². The summed E-state index contributed by atoms with van der Waals surface area (Å²) in [5.74, 6) is 0.739. The SMILES string of the molecule is CCCCCCC(C)Nc1ncc(I)cn1. The third-order valence-corrected chi connectivity index (χ3v) is 3.04. The first-order valence-electron chi connectivity index (χ1n) is 5.96. The molecule has 0 aromatic carbocycles. The van der Waals surface area contributed by atoms with Gasteiger partial charge in [-0.3, -0.25) is 0 Å². The van der Waals surface area contributed by atoms with Gasteiger partial charge in [-0.05, 0) is 35.9 Å². The van der Waals surface area contributed by atoms with Crippen molar-refractivity contribution < 1.29 is 0 Å². The van der Waals surface area contributed by atoms with Gasteiger partial charge in [0, 0.05) is 22.0 Å². The van der Waals surface area contributed by atoms with Crippen molar-refractivity contribution in [3.8, 4) is 0 Å². The van der Waals surface area contributed by atoms with E-state index in [-0.39, 0.29) is 0 Å². The second-order valence-electron chi connectivity index (χ2n) is 4.12. The van der Waals surface area contributed by atoms with E-state index < -0.39 is 0 Å². The summed E-state index contributed by atoms with van der Waals surface area (Å²) in [5.41, 5.74) is 0. The molecule has 0 spiro atoms. The lowest BCUT2D eigenvalue weighted by atomic mass is 10.1. The summed E-state index contributed by atoms with van der Waals surface area (Å²) in [7, 11) is 0. The molecule has 16 heavy (non-hydrogen) atoms. The van der Waals surface area contributed by atoms with Crippen LogP contribution in [0, 0.1) is 3.57 Å². The molecule has 90 valence electrons. The van der Waals surface area contributed by atoms with Crippen molar-refractivity contribution in [1.82, 2.24) is 9.97 Å². The number of hydrogen-bond acceptors (Lipinski definition) is 3. The van der Waals surface area contributed by atoms with Gasteiger partial charge in [0.1, 0.15) is 0 Å². The Morgan fingerprint density at radius 1 is 1.25 bits per heavy atom. The lowest BCUT2D eigenvalue weighted by Crippen LogP contribution is -2.16. The van der Waals surface area contributed by atoms with Crippen LogP contribution in [0.5, 0.6) is 0 Å². The molecule has 0 bridgehead atoms. The van der Waals surface area contributed by atoms with E-state index in [1.54, 1.807) is 0 Å². The molecule has 0 saturated carbocycles. The summed E-state index contributed by atoms with van der Waals surface area (Å²) < 4.78 is 1.07. The third kappa shape index (κ3) is 5.63. The fraction of sp³-hybridized carbons (Fsp3) is 0.667. The Balaban J connectivity index is 2.23. The Hall–Kier alpha value is -0.390. The maximum absolute atomic E-state index is 4.23. The van der Waals surface area contributed by atoms with Crippen molar-refractivity contribution in [2.45, 2.75) is 52.0 Å². The van der Waals surface area contributed by atoms with Crippen LogP contribution in [0.15, 0.2) is 12.4 Å². The predicted molar refractivity (Wildman–Crippen MR) is 76.6 cm³/mol. The van der Waals surface area contributed by atoms with Crippen molar-refractivity contribution in [1.29, 1.82) is 0 Å². The van der Waals surface area contributed by atoms with Gasteiger partial charge in [0.15, 0.2) is 0 Å². The van der Waals surface area contributed by atoms with E-state index in [1.807, 2.05) is 12.4 Å². The molecule has 1 heterocycles. The van der Waals surface area contributed by atoms with E-state index in [2.05, 4.69) is 51.7 Å². The van der Waals surface area contributed by atoms with Gasteiger partial charge in [-0.2, -0.15) is 0 Å². The first-order chi connectivity index (χ1) is 7.72. The predicted octanol–water partition coefficient (Wildman–Crippen LogP) is 3.85. The van der Waals surface area contributed by atoms with Crippen LogP contribution in [0.3, 0.4) is 0 Å². The van der Waals surface area contributed by atoms with E-state index in [4.69, 9.17) is 0 Å². The van der Waals surface area contributed by atoms with E-state index in [0.29, 0.717) is 6.04 Å². The standard InChI is InChI=1S/C12H20IN3/c1-3-4-5-6-7-10(2)16-12-14-8-11(13)9-15-12/h8-10H,3-7H2,1-2H3,(H,14,15,16). The molecular weight excluding hydrogens is 313 g/mol. The summed E-state index contributed by atoms with van der Waals surface area (Å²) in [4.78, 5) is 8.47. The summed E-state index contributed by atoms with van der Waals surface area (Å²) >= 11 is 2.21. The maximum atomic E-state index is 4.23. The zero-order valence-corrected chi connectivity index (χ0v) is 12.2. The zero-order valence-electron chi connectivity index (χ0n) is 10.0. The van der Waals surface area contributed by atoms with Crippen molar-refractivity contribution >= 4 is 28.5 Å². The van der Waals surface area contributed by atoms with E-state index in [0.717, 1.165) is 9.52 Å². The highest BCUT2D eigenvalue weighted by Gasteiger charge is 2.03. The molecule has 0 aliphatic heterocycles. The molecular formula is C12H20IN3. The topological polar surface area (TPSA) is 37.8 Å². The van der Waals surface area contributed by atoms with Crippen LogP contribution >= 0.6 is 22.6 Å². The number of rotatable bonds is 7. The largest absolute Gasteiger partial charge is 0.352 e. The Kier molecular flexibility index (Phi) is 6.68. The molecule has 3 nitrogen and oxygen atoms in total. The van der Waals surface area contributed by atoms with Gasteiger partial charge in [-0.15, -0.1) is 0 Å². The average Bonchev–Trinajstić information content (AvgIpc) is 2.28. The van der Waals surface area contributed by atoms with Gasteiger partial charge in [0.25, 0.3) is 0 Å². The Morgan fingerprint density at radius 3 is 2.56 bits per heavy atom. The highest BCUT2D eigenvalue weighted by Crippen LogP contribution is 2.09. The number of nitrogens with one attached hydrogen (secondary N) is 1. The first-order valence-corrected chi connectivity index (χ1v) is 7.04. The summed E-state index contributed by atoms with van der Waals surface area (Å²) in [6.45, 7) is 4.42. The Labute approximate surface area is 112 Å². The second kappa shape index (κ2) is 7.81. The van der Waals surface area contributed by atoms with Crippen molar-refractivity contribution in [3.05, 3.63) is 16.0 Å². The molecule has 1 N–H and O–H groups in total. The number of nitrogens with zero attached hydrogens (tertiary/aromatic N) is 2. The van der Waals surface area contributed by atoms with Gasteiger partial charge >= 0.3 is 0 Å². The third-order valence-electron chi connectivity index (χ3n) is 2.49. The fourth-order valence-corrected chi connectivity index (χ4v) is 1.84. The number of halogens is 1.